The van der Waals surface area contributed by atoms with Gasteiger partial charge in [-0.3, -0.25) is 9.59 Å². The number of halogens is 2. The lowest BCUT2D eigenvalue weighted by atomic mass is 10.1. The van der Waals surface area contributed by atoms with Crippen LogP contribution in [0.1, 0.15) is 31.9 Å². The number of para-hydroxylation sites is 2. The summed E-state index contributed by atoms with van der Waals surface area (Å²) in [7, 11) is 0. The molecule has 1 N–H and O–H groups in total. The third-order valence-corrected chi connectivity index (χ3v) is 5.82. The van der Waals surface area contributed by atoms with Gasteiger partial charge in [0.1, 0.15) is 15.5 Å². The summed E-state index contributed by atoms with van der Waals surface area (Å²) in [5.41, 5.74) is 0.00126. The second kappa shape index (κ2) is 8.02. The molecule has 28 heavy (non-hydrogen) atoms. The second-order valence-corrected chi connectivity index (χ2v) is 8.31. The summed E-state index contributed by atoms with van der Waals surface area (Å²) >= 11 is 12.2. The van der Waals surface area contributed by atoms with E-state index in [1.54, 1.807) is 49.4 Å². The third kappa shape index (κ3) is 4.10. The monoisotopic (exact) mass is 421 g/mol. The van der Waals surface area contributed by atoms with Gasteiger partial charge in [0, 0.05) is 12.0 Å². The van der Waals surface area contributed by atoms with Gasteiger partial charge in [-0.2, -0.15) is 0 Å². The van der Waals surface area contributed by atoms with E-state index in [1.807, 2.05) is 19.1 Å². The van der Waals surface area contributed by atoms with Gasteiger partial charge >= 0.3 is 5.97 Å². The normalized spacial score (nSPS) is 20.7. The van der Waals surface area contributed by atoms with Crippen molar-refractivity contribution in [1.29, 1.82) is 0 Å². The van der Waals surface area contributed by atoms with Crippen LogP contribution in [0.5, 0.6) is 5.75 Å². The largest absolute Gasteiger partial charge is 0.492 e. The zero-order valence-electron chi connectivity index (χ0n) is 15.6. The summed E-state index contributed by atoms with van der Waals surface area (Å²) in [5.74, 6) is -0.573. The lowest BCUT2D eigenvalue weighted by Gasteiger charge is -2.21. The van der Waals surface area contributed by atoms with Gasteiger partial charge in [-0.1, -0.05) is 42.5 Å². The first-order chi connectivity index (χ1) is 13.3. The Morgan fingerprint density at radius 2 is 1.71 bits per heavy atom. The average Bonchev–Trinajstić information content (AvgIpc) is 3.21. The van der Waals surface area contributed by atoms with Crippen molar-refractivity contribution in [1.82, 2.24) is 0 Å². The first kappa shape index (κ1) is 20.5. The Morgan fingerprint density at radius 3 is 2.32 bits per heavy atom. The number of carbonyl (C=O) groups is 2. The first-order valence-electron chi connectivity index (χ1n) is 8.95. The van der Waals surface area contributed by atoms with Crippen LogP contribution in [0.3, 0.4) is 0 Å². The van der Waals surface area contributed by atoms with Crippen molar-refractivity contribution in [3.63, 3.8) is 0 Å². The van der Waals surface area contributed by atoms with E-state index in [0.717, 1.165) is 0 Å². The zero-order chi connectivity index (χ0) is 20.4. The van der Waals surface area contributed by atoms with Crippen molar-refractivity contribution in [2.24, 2.45) is 5.41 Å². The second-order valence-electron chi connectivity index (χ2n) is 6.83. The Bertz CT molecular complexity index is 872. The highest BCUT2D eigenvalue weighted by molar-refractivity contribution is 6.53. The van der Waals surface area contributed by atoms with Gasteiger partial charge in [-0.05, 0) is 26.0 Å². The summed E-state index contributed by atoms with van der Waals surface area (Å²) in [6.07, 6.45) is -0.872. The van der Waals surface area contributed by atoms with Crippen LogP contribution >= 0.6 is 23.2 Å². The standard InChI is InChI=1S/C21H21Cl2NO4/c1-3-27-16-12-8-7-11-15(16)24-18(25)17(14-9-5-4-6-10-14)28-19(26)20(2)13-21(20,22)23/h4-12,17H,3,13H2,1-2H3,(H,24,25). The molecule has 0 spiro atoms. The molecule has 0 radical (unpaired) electrons. The van der Waals surface area contributed by atoms with Crippen molar-refractivity contribution >= 4 is 40.8 Å². The van der Waals surface area contributed by atoms with Gasteiger partial charge in [0.15, 0.2) is 0 Å². The molecule has 2 unspecified atom stereocenters. The van der Waals surface area contributed by atoms with E-state index in [4.69, 9.17) is 32.7 Å². The van der Waals surface area contributed by atoms with Crippen molar-refractivity contribution in [3.05, 3.63) is 60.2 Å². The van der Waals surface area contributed by atoms with Crippen LogP contribution in [-0.2, 0) is 14.3 Å². The molecule has 1 saturated carbocycles. The lowest BCUT2D eigenvalue weighted by molar-refractivity contribution is -0.159. The smallest absolute Gasteiger partial charge is 0.316 e. The summed E-state index contributed by atoms with van der Waals surface area (Å²) < 4.78 is 9.93. The number of rotatable bonds is 7. The fourth-order valence-corrected chi connectivity index (χ4v) is 3.50. The molecule has 1 aliphatic rings. The van der Waals surface area contributed by atoms with Crippen molar-refractivity contribution in [3.8, 4) is 5.75 Å². The molecule has 0 aliphatic heterocycles. The SMILES string of the molecule is CCOc1ccccc1NC(=O)C(OC(=O)C1(C)CC1(Cl)Cl)c1ccccc1. The van der Waals surface area contributed by atoms with Crippen LogP contribution in [0.2, 0.25) is 0 Å². The van der Waals surface area contributed by atoms with Gasteiger partial charge < -0.3 is 14.8 Å². The number of ether oxygens (including phenoxy) is 2. The molecular formula is C21H21Cl2NO4. The molecule has 1 aliphatic carbocycles. The minimum atomic E-state index is -1.18. The molecule has 0 heterocycles. The highest BCUT2D eigenvalue weighted by Crippen LogP contribution is 2.64. The highest BCUT2D eigenvalue weighted by Gasteiger charge is 2.69. The Hall–Kier alpha value is -2.24. The molecule has 3 rings (SSSR count). The van der Waals surface area contributed by atoms with Gasteiger partial charge in [-0.25, -0.2) is 0 Å². The molecular weight excluding hydrogens is 401 g/mol. The summed E-state index contributed by atoms with van der Waals surface area (Å²) in [6, 6.07) is 15.8. The third-order valence-electron chi connectivity index (χ3n) is 4.72. The summed E-state index contributed by atoms with van der Waals surface area (Å²) in [6.45, 7) is 3.93. The van der Waals surface area contributed by atoms with Crippen molar-refractivity contribution in [2.45, 2.75) is 30.7 Å². The van der Waals surface area contributed by atoms with Crippen LogP contribution < -0.4 is 10.1 Å². The maximum atomic E-state index is 13.0. The predicted molar refractivity (Wildman–Crippen MR) is 109 cm³/mol. The Morgan fingerprint density at radius 1 is 1.11 bits per heavy atom. The summed E-state index contributed by atoms with van der Waals surface area (Å²) in [5, 5.41) is 2.78. The number of alkyl halides is 2. The van der Waals surface area contributed by atoms with E-state index in [2.05, 4.69) is 5.32 Å². The molecule has 1 fully saturated rings. The van der Waals surface area contributed by atoms with Gasteiger partial charge in [0.25, 0.3) is 5.91 Å². The molecule has 2 atom stereocenters. The molecule has 2 aromatic rings. The fraction of sp³-hybridized carbons (Fsp3) is 0.333. The summed E-state index contributed by atoms with van der Waals surface area (Å²) in [4.78, 5) is 25.7. The van der Waals surface area contributed by atoms with Gasteiger partial charge in [0.05, 0.1) is 12.3 Å². The lowest BCUT2D eigenvalue weighted by Crippen LogP contribution is -2.30. The van der Waals surface area contributed by atoms with Crippen LogP contribution in [-0.4, -0.2) is 22.8 Å². The van der Waals surface area contributed by atoms with Crippen LogP contribution in [0.15, 0.2) is 54.6 Å². The van der Waals surface area contributed by atoms with Crippen molar-refractivity contribution in [2.75, 3.05) is 11.9 Å². The average molecular weight is 422 g/mol. The van der Waals surface area contributed by atoms with E-state index < -0.39 is 27.7 Å². The van der Waals surface area contributed by atoms with E-state index in [-0.39, 0.29) is 6.42 Å². The fourth-order valence-electron chi connectivity index (χ4n) is 2.81. The van der Waals surface area contributed by atoms with E-state index in [1.165, 1.54) is 0 Å². The topological polar surface area (TPSA) is 64.6 Å². The predicted octanol–water partition coefficient (Wildman–Crippen LogP) is 4.89. The highest BCUT2D eigenvalue weighted by atomic mass is 35.5. The van der Waals surface area contributed by atoms with Crippen LogP contribution in [0, 0.1) is 5.41 Å². The molecule has 0 bridgehead atoms. The maximum Gasteiger partial charge on any atom is 0.316 e. The molecule has 0 aromatic heterocycles. The minimum absolute atomic E-state index is 0.276. The maximum absolute atomic E-state index is 13.0. The van der Waals surface area contributed by atoms with E-state index in [9.17, 15) is 9.59 Å². The van der Waals surface area contributed by atoms with Crippen LogP contribution in [0.4, 0.5) is 5.69 Å². The molecule has 148 valence electrons. The molecule has 1 amide bonds. The van der Waals surface area contributed by atoms with E-state index >= 15 is 0 Å². The Labute approximate surface area is 173 Å². The zero-order valence-corrected chi connectivity index (χ0v) is 17.1. The Balaban J connectivity index is 1.84. The number of hydrogen-bond acceptors (Lipinski definition) is 4. The number of nitrogens with one attached hydrogen (secondary N) is 1. The molecule has 2 aromatic carbocycles. The number of carbonyl (C=O) groups excluding carboxylic acids is 2. The molecule has 5 nitrogen and oxygen atoms in total. The number of anilines is 1. The number of esters is 1. The Kier molecular flexibility index (Phi) is 5.87. The minimum Gasteiger partial charge on any atom is -0.492 e. The van der Waals surface area contributed by atoms with Gasteiger partial charge in [0.2, 0.25) is 6.10 Å². The van der Waals surface area contributed by atoms with Crippen molar-refractivity contribution < 1.29 is 19.1 Å². The number of amides is 1. The number of hydrogen-bond donors (Lipinski definition) is 1. The first-order valence-corrected chi connectivity index (χ1v) is 9.70. The molecule has 0 saturated heterocycles. The quantitative estimate of drug-likeness (QED) is 0.510. The van der Waals surface area contributed by atoms with Crippen LogP contribution in [0.25, 0.3) is 0 Å². The number of benzene rings is 2. The molecule has 7 heteroatoms. The van der Waals surface area contributed by atoms with Gasteiger partial charge in [-0.15, -0.1) is 23.2 Å². The van der Waals surface area contributed by atoms with E-state index in [0.29, 0.717) is 23.6 Å².